The Balaban J connectivity index is 0.00000225. The Bertz CT molecular complexity index is 332. The Kier molecular flexibility index (Phi) is 8.01. The Hall–Kier alpha value is -0.100. The van der Waals surface area contributed by atoms with Gasteiger partial charge in [0.1, 0.15) is 0 Å². The predicted octanol–water partition coefficient (Wildman–Crippen LogP) is 2.37. The van der Waals surface area contributed by atoms with Crippen LogP contribution in [0.3, 0.4) is 0 Å². The molecule has 0 aliphatic heterocycles. The molecule has 92 valence electrons. The van der Waals surface area contributed by atoms with Crippen LogP contribution in [0, 0.1) is 0 Å². The molecule has 0 radical (unpaired) electrons. The van der Waals surface area contributed by atoms with Crippen LogP contribution in [0.4, 0.5) is 0 Å². The maximum atomic E-state index is 11.7. The monoisotopic (exact) mass is 326 g/mol. The van der Waals surface area contributed by atoms with Gasteiger partial charge in [0, 0.05) is 18.0 Å². The molecule has 1 aromatic rings. The fourth-order valence-electron chi connectivity index (χ4n) is 1.15. The van der Waals surface area contributed by atoms with Crippen molar-refractivity contribution in [2.24, 2.45) is 0 Å². The minimum Gasteiger partial charge on any atom is -0.354 e. The van der Waals surface area contributed by atoms with Gasteiger partial charge in [-0.3, -0.25) is 4.79 Å². The van der Waals surface area contributed by atoms with E-state index in [0.29, 0.717) is 6.54 Å². The summed E-state index contributed by atoms with van der Waals surface area (Å²) in [7, 11) is 1.87. The summed E-state index contributed by atoms with van der Waals surface area (Å²) in [5.74, 6) is 0.0118. The van der Waals surface area contributed by atoms with Crippen molar-refractivity contribution in [1.82, 2.24) is 10.6 Å². The largest absolute Gasteiger partial charge is 0.354 e. The number of nitrogens with one attached hydrogen (secondary N) is 2. The molecular formula is C10H16BrClN2OS. The van der Waals surface area contributed by atoms with Crippen LogP contribution in [0.25, 0.3) is 0 Å². The Morgan fingerprint density at radius 3 is 2.69 bits per heavy atom. The fraction of sp³-hybridized carbons (Fsp3) is 0.500. The summed E-state index contributed by atoms with van der Waals surface area (Å²) in [6.07, 6.45) is 0. The Morgan fingerprint density at radius 1 is 1.50 bits per heavy atom. The normalized spacial score (nSPS) is 11.7. The maximum absolute atomic E-state index is 11.7. The van der Waals surface area contributed by atoms with Gasteiger partial charge in [0.05, 0.1) is 9.70 Å². The van der Waals surface area contributed by atoms with E-state index >= 15 is 0 Å². The Labute approximate surface area is 115 Å². The van der Waals surface area contributed by atoms with E-state index in [9.17, 15) is 4.79 Å². The highest BCUT2D eigenvalue weighted by atomic mass is 79.9. The van der Waals surface area contributed by atoms with Gasteiger partial charge in [0.15, 0.2) is 0 Å². The first kappa shape index (κ1) is 15.9. The number of hydrogen-bond acceptors (Lipinski definition) is 3. The Morgan fingerprint density at radius 2 is 2.19 bits per heavy atom. The average molecular weight is 328 g/mol. The number of hydrogen-bond donors (Lipinski definition) is 2. The van der Waals surface area contributed by atoms with Crippen molar-refractivity contribution in [3.05, 3.63) is 20.8 Å². The molecule has 16 heavy (non-hydrogen) atoms. The predicted molar refractivity (Wildman–Crippen MR) is 74.6 cm³/mol. The molecular weight excluding hydrogens is 312 g/mol. The first-order chi connectivity index (χ1) is 7.15. The fourth-order valence-corrected chi connectivity index (χ4v) is 2.63. The van der Waals surface area contributed by atoms with Gasteiger partial charge in [-0.05, 0) is 42.0 Å². The van der Waals surface area contributed by atoms with Gasteiger partial charge in [-0.25, -0.2) is 0 Å². The lowest BCUT2D eigenvalue weighted by Gasteiger charge is -2.10. The lowest BCUT2D eigenvalue weighted by Crippen LogP contribution is -2.33. The van der Waals surface area contributed by atoms with Crippen LogP contribution in [-0.4, -0.2) is 26.0 Å². The maximum Gasteiger partial charge on any atom is 0.228 e. The van der Waals surface area contributed by atoms with Crippen LogP contribution in [-0.2, 0) is 4.79 Å². The third-order valence-corrected chi connectivity index (χ3v) is 3.89. The van der Waals surface area contributed by atoms with E-state index < -0.39 is 0 Å². The molecule has 1 heterocycles. The zero-order chi connectivity index (χ0) is 11.3. The quantitative estimate of drug-likeness (QED) is 0.815. The van der Waals surface area contributed by atoms with Crippen molar-refractivity contribution < 1.29 is 4.79 Å². The van der Waals surface area contributed by atoms with Crippen molar-refractivity contribution in [3.8, 4) is 0 Å². The second-order valence-corrected chi connectivity index (χ2v) is 5.75. The molecule has 1 rings (SSSR count). The van der Waals surface area contributed by atoms with Crippen molar-refractivity contribution in [1.29, 1.82) is 0 Å². The van der Waals surface area contributed by atoms with E-state index in [0.717, 1.165) is 15.2 Å². The summed E-state index contributed by atoms with van der Waals surface area (Å²) in [6.45, 7) is 3.39. The summed E-state index contributed by atoms with van der Waals surface area (Å²) in [5, 5.41) is 5.87. The van der Waals surface area contributed by atoms with Crippen LogP contribution in [0.5, 0.6) is 0 Å². The second kappa shape index (κ2) is 8.06. The molecule has 0 aliphatic carbocycles. The van der Waals surface area contributed by atoms with Gasteiger partial charge >= 0.3 is 0 Å². The molecule has 0 aromatic carbocycles. The molecule has 0 saturated heterocycles. The van der Waals surface area contributed by atoms with E-state index in [4.69, 9.17) is 0 Å². The molecule has 1 aromatic heterocycles. The highest BCUT2D eigenvalue weighted by Gasteiger charge is 2.16. The van der Waals surface area contributed by atoms with Gasteiger partial charge in [0.2, 0.25) is 5.91 Å². The van der Waals surface area contributed by atoms with Crippen LogP contribution < -0.4 is 10.6 Å². The van der Waals surface area contributed by atoms with E-state index in [1.165, 1.54) is 0 Å². The molecule has 6 heteroatoms. The first-order valence-electron chi connectivity index (χ1n) is 4.82. The topological polar surface area (TPSA) is 41.1 Å². The van der Waals surface area contributed by atoms with E-state index in [1.54, 1.807) is 11.3 Å². The SMILES string of the molecule is CNCCNC(=O)C(C)c1ccc(Br)s1.Cl. The number of carbonyl (C=O) groups excluding carboxylic acids is 1. The molecule has 0 bridgehead atoms. The third kappa shape index (κ3) is 4.82. The molecule has 0 fully saturated rings. The summed E-state index contributed by atoms with van der Waals surface area (Å²) in [6, 6.07) is 3.95. The van der Waals surface area contributed by atoms with Gasteiger partial charge in [-0.2, -0.15) is 0 Å². The molecule has 2 N–H and O–H groups in total. The van der Waals surface area contributed by atoms with Crippen LogP contribution in [0.2, 0.25) is 0 Å². The summed E-state index contributed by atoms with van der Waals surface area (Å²) < 4.78 is 1.06. The lowest BCUT2D eigenvalue weighted by molar-refractivity contribution is -0.122. The van der Waals surface area contributed by atoms with Gasteiger partial charge in [-0.1, -0.05) is 0 Å². The minimum atomic E-state index is -0.0712. The highest BCUT2D eigenvalue weighted by molar-refractivity contribution is 9.11. The van der Waals surface area contributed by atoms with E-state index in [1.807, 2.05) is 26.1 Å². The van der Waals surface area contributed by atoms with Crippen molar-refractivity contribution >= 4 is 45.6 Å². The van der Waals surface area contributed by atoms with Crippen LogP contribution in [0.1, 0.15) is 17.7 Å². The smallest absolute Gasteiger partial charge is 0.228 e. The first-order valence-corrected chi connectivity index (χ1v) is 6.43. The molecule has 1 unspecified atom stereocenters. The molecule has 0 spiro atoms. The number of amides is 1. The number of carbonyl (C=O) groups is 1. The number of likely N-dealkylation sites (N-methyl/N-ethyl adjacent to an activating group) is 1. The zero-order valence-electron chi connectivity index (χ0n) is 9.25. The van der Waals surface area contributed by atoms with Crippen LogP contribution in [0.15, 0.2) is 15.9 Å². The second-order valence-electron chi connectivity index (χ2n) is 3.26. The molecule has 0 saturated carbocycles. The highest BCUT2D eigenvalue weighted by Crippen LogP contribution is 2.28. The summed E-state index contributed by atoms with van der Waals surface area (Å²) in [4.78, 5) is 12.8. The standard InChI is InChI=1S/C10H15BrN2OS.ClH/c1-7(8-3-4-9(11)15-8)10(14)13-6-5-12-2;/h3-4,7,12H,5-6H2,1-2H3,(H,13,14);1H. The lowest BCUT2D eigenvalue weighted by atomic mass is 10.1. The third-order valence-electron chi connectivity index (χ3n) is 2.09. The molecule has 0 aliphatic rings. The van der Waals surface area contributed by atoms with Gasteiger partial charge < -0.3 is 10.6 Å². The molecule has 1 atom stereocenters. The summed E-state index contributed by atoms with van der Waals surface area (Å²) >= 11 is 4.99. The van der Waals surface area contributed by atoms with Gasteiger partial charge in [0.25, 0.3) is 0 Å². The minimum absolute atomic E-state index is 0. The van der Waals surface area contributed by atoms with Crippen molar-refractivity contribution in [2.45, 2.75) is 12.8 Å². The van der Waals surface area contributed by atoms with E-state index in [2.05, 4.69) is 26.6 Å². The summed E-state index contributed by atoms with van der Waals surface area (Å²) in [5.41, 5.74) is 0. The van der Waals surface area contributed by atoms with Crippen molar-refractivity contribution in [2.75, 3.05) is 20.1 Å². The molecule has 1 amide bonds. The van der Waals surface area contributed by atoms with Gasteiger partial charge in [-0.15, -0.1) is 23.7 Å². The zero-order valence-corrected chi connectivity index (χ0v) is 12.5. The van der Waals surface area contributed by atoms with Crippen molar-refractivity contribution in [3.63, 3.8) is 0 Å². The number of thiophene rings is 1. The van der Waals surface area contributed by atoms with E-state index in [-0.39, 0.29) is 24.2 Å². The average Bonchev–Trinajstić information content (AvgIpc) is 2.64. The van der Waals surface area contributed by atoms with Crippen LogP contribution >= 0.6 is 39.7 Å². The number of halogens is 2. The number of rotatable bonds is 5. The molecule has 3 nitrogen and oxygen atoms in total.